The summed E-state index contributed by atoms with van der Waals surface area (Å²) >= 11 is 3.34. The van der Waals surface area contributed by atoms with Crippen LogP contribution in [0.4, 0.5) is 5.69 Å². The number of phenolic OH excluding ortho intramolecular Hbond substituents is 1. The minimum atomic E-state index is -0.610. The van der Waals surface area contributed by atoms with Crippen LogP contribution in [0.2, 0.25) is 0 Å². The summed E-state index contributed by atoms with van der Waals surface area (Å²) in [6, 6.07) is 10.9. The number of nitriles is 1. The molecule has 0 aromatic heterocycles. The van der Waals surface area contributed by atoms with E-state index in [4.69, 9.17) is 14.2 Å². The molecule has 30 heavy (non-hydrogen) atoms. The molecule has 0 bridgehead atoms. The number of carbonyl (C=O) groups excluding carboxylic acids is 2. The van der Waals surface area contributed by atoms with Gasteiger partial charge in [-0.15, -0.1) is 0 Å². The van der Waals surface area contributed by atoms with Gasteiger partial charge in [-0.2, -0.15) is 5.26 Å². The number of halogens is 1. The Kier molecular flexibility index (Phi) is 8.26. The average Bonchev–Trinajstić information content (AvgIpc) is 2.72. The zero-order valence-electron chi connectivity index (χ0n) is 16.3. The number of esters is 1. The molecule has 0 fully saturated rings. The molecule has 2 N–H and O–H groups in total. The highest BCUT2D eigenvalue weighted by Gasteiger charge is 2.15. The van der Waals surface area contributed by atoms with Gasteiger partial charge in [0.15, 0.2) is 18.1 Å². The van der Waals surface area contributed by atoms with Gasteiger partial charge in [0, 0.05) is 5.69 Å². The molecular weight excluding hydrogens is 456 g/mol. The van der Waals surface area contributed by atoms with Crippen LogP contribution in [-0.2, 0) is 14.3 Å². The van der Waals surface area contributed by atoms with E-state index in [1.54, 1.807) is 19.1 Å². The number of hydrogen-bond donors (Lipinski definition) is 2. The molecule has 0 aliphatic carbocycles. The Morgan fingerprint density at radius 3 is 2.57 bits per heavy atom. The number of phenols is 1. The van der Waals surface area contributed by atoms with E-state index >= 15 is 0 Å². The number of nitrogens with zero attached hydrogens (tertiary/aromatic N) is 1. The molecule has 0 heterocycles. The molecule has 156 valence electrons. The molecule has 1 amide bonds. The molecule has 0 atom stereocenters. The first-order valence-electron chi connectivity index (χ1n) is 8.76. The SMILES string of the molecule is CCOC(=O)COc1c(Br)cc(/C=C(\C#N)C(=O)Nc2ccc(O)cc2)cc1OC. The van der Waals surface area contributed by atoms with Crippen molar-refractivity contribution >= 4 is 39.6 Å². The van der Waals surface area contributed by atoms with E-state index in [-0.39, 0.29) is 30.3 Å². The molecule has 2 rings (SSSR count). The van der Waals surface area contributed by atoms with Crippen molar-refractivity contribution < 1.29 is 28.9 Å². The van der Waals surface area contributed by atoms with E-state index in [0.29, 0.717) is 21.5 Å². The number of carbonyl (C=O) groups is 2. The lowest BCUT2D eigenvalue weighted by Crippen LogP contribution is -2.15. The zero-order chi connectivity index (χ0) is 22.1. The smallest absolute Gasteiger partial charge is 0.344 e. The van der Waals surface area contributed by atoms with Crippen molar-refractivity contribution in [2.45, 2.75) is 6.92 Å². The fraction of sp³-hybridized carbons (Fsp3) is 0.190. The van der Waals surface area contributed by atoms with Gasteiger partial charge in [0.25, 0.3) is 5.91 Å². The minimum Gasteiger partial charge on any atom is -0.508 e. The fourth-order valence-corrected chi connectivity index (χ4v) is 2.93. The highest BCUT2D eigenvalue weighted by Crippen LogP contribution is 2.37. The van der Waals surface area contributed by atoms with Gasteiger partial charge in [-0.3, -0.25) is 4.79 Å². The highest BCUT2D eigenvalue weighted by atomic mass is 79.9. The van der Waals surface area contributed by atoms with E-state index in [9.17, 15) is 20.0 Å². The molecule has 0 aliphatic rings. The van der Waals surface area contributed by atoms with Crippen LogP contribution in [-0.4, -0.2) is 37.3 Å². The van der Waals surface area contributed by atoms with Crippen molar-refractivity contribution in [1.29, 1.82) is 5.26 Å². The molecule has 0 aliphatic heterocycles. The summed E-state index contributed by atoms with van der Waals surface area (Å²) in [6.45, 7) is 1.64. The summed E-state index contributed by atoms with van der Waals surface area (Å²) < 4.78 is 16.1. The summed E-state index contributed by atoms with van der Waals surface area (Å²) in [5.74, 6) is -0.480. The summed E-state index contributed by atoms with van der Waals surface area (Å²) in [5, 5.41) is 21.3. The minimum absolute atomic E-state index is 0.0614. The second-order valence-electron chi connectivity index (χ2n) is 5.80. The van der Waals surface area contributed by atoms with Crippen molar-refractivity contribution in [3.05, 3.63) is 52.0 Å². The lowest BCUT2D eigenvalue weighted by molar-refractivity contribution is -0.145. The number of aromatic hydroxyl groups is 1. The van der Waals surface area contributed by atoms with Crippen LogP contribution in [0.25, 0.3) is 6.08 Å². The molecule has 0 unspecified atom stereocenters. The van der Waals surface area contributed by atoms with Crippen molar-refractivity contribution in [2.75, 3.05) is 25.6 Å². The van der Waals surface area contributed by atoms with Crippen LogP contribution in [0.15, 0.2) is 46.4 Å². The molecule has 9 heteroatoms. The second kappa shape index (κ2) is 10.9. The number of nitrogens with one attached hydrogen (secondary N) is 1. The number of amides is 1. The zero-order valence-corrected chi connectivity index (χ0v) is 17.9. The third-order valence-electron chi connectivity index (χ3n) is 3.69. The Bertz CT molecular complexity index is 996. The van der Waals surface area contributed by atoms with Crippen molar-refractivity contribution in [2.24, 2.45) is 0 Å². The Morgan fingerprint density at radius 1 is 1.27 bits per heavy atom. The summed E-state index contributed by atoms with van der Waals surface area (Å²) in [7, 11) is 1.43. The molecule has 2 aromatic carbocycles. The molecule has 0 saturated carbocycles. The van der Waals surface area contributed by atoms with Gasteiger partial charge in [0.05, 0.1) is 18.2 Å². The molecule has 2 aromatic rings. The maximum atomic E-state index is 12.4. The van der Waals surface area contributed by atoms with Crippen molar-refractivity contribution in [3.63, 3.8) is 0 Å². The number of rotatable bonds is 8. The van der Waals surface area contributed by atoms with Crippen LogP contribution in [0.1, 0.15) is 12.5 Å². The van der Waals surface area contributed by atoms with Crippen LogP contribution in [0.3, 0.4) is 0 Å². The number of ether oxygens (including phenoxy) is 3. The van der Waals surface area contributed by atoms with E-state index in [1.807, 2.05) is 6.07 Å². The first-order chi connectivity index (χ1) is 14.4. The molecule has 0 spiro atoms. The van der Waals surface area contributed by atoms with Crippen LogP contribution in [0.5, 0.6) is 17.2 Å². The quantitative estimate of drug-likeness (QED) is 0.259. The number of methoxy groups -OCH3 is 1. The standard InChI is InChI=1S/C21H19BrN2O6/c1-3-29-19(26)12-30-20-17(22)9-13(10-18(20)28-2)8-14(11-23)21(27)24-15-4-6-16(25)7-5-15/h4-10,25H,3,12H2,1-2H3,(H,24,27)/b14-8+. The lowest BCUT2D eigenvalue weighted by atomic mass is 10.1. The Labute approximate surface area is 181 Å². The second-order valence-corrected chi connectivity index (χ2v) is 6.65. The van der Waals surface area contributed by atoms with Crippen LogP contribution in [0, 0.1) is 11.3 Å². The van der Waals surface area contributed by atoms with Gasteiger partial charge < -0.3 is 24.6 Å². The van der Waals surface area contributed by atoms with Gasteiger partial charge in [-0.25, -0.2) is 4.79 Å². The first-order valence-corrected chi connectivity index (χ1v) is 9.55. The van der Waals surface area contributed by atoms with Crippen molar-refractivity contribution in [1.82, 2.24) is 0 Å². The van der Waals surface area contributed by atoms with Gasteiger partial charge in [-0.05, 0) is 70.9 Å². The van der Waals surface area contributed by atoms with Crippen molar-refractivity contribution in [3.8, 4) is 23.3 Å². The maximum absolute atomic E-state index is 12.4. The van der Waals surface area contributed by atoms with E-state index in [0.717, 1.165) is 0 Å². The van der Waals surface area contributed by atoms with Crippen LogP contribution < -0.4 is 14.8 Å². The topological polar surface area (TPSA) is 118 Å². The van der Waals surface area contributed by atoms with Crippen LogP contribution >= 0.6 is 15.9 Å². The van der Waals surface area contributed by atoms with Gasteiger partial charge >= 0.3 is 5.97 Å². The average molecular weight is 475 g/mol. The molecular formula is C21H19BrN2O6. The van der Waals surface area contributed by atoms with E-state index in [1.165, 1.54) is 37.5 Å². The summed E-state index contributed by atoms with van der Waals surface area (Å²) in [4.78, 5) is 23.9. The third-order valence-corrected chi connectivity index (χ3v) is 4.28. The predicted molar refractivity (Wildman–Crippen MR) is 113 cm³/mol. The molecule has 8 nitrogen and oxygen atoms in total. The number of hydrogen-bond acceptors (Lipinski definition) is 7. The predicted octanol–water partition coefficient (Wildman–Crippen LogP) is 3.65. The summed E-state index contributed by atoms with van der Waals surface area (Å²) in [6.07, 6.45) is 1.39. The normalized spacial score (nSPS) is 10.7. The molecule has 0 saturated heterocycles. The lowest BCUT2D eigenvalue weighted by Gasteiger charge is -2.13. The van der Waals surface area contributed by atoms with Gasteiger partial charge in [0.1, 0.15) is 17.4 Å². The Balaban J connectivity index is 2.24. The highest BCUT2D eigenvalue weighted by molar-refractivity contribution is 9.10. The number of anilines is 1. The molecule has 0 radical (unpaired) electrons. The summed E-state index contributed by atoms with van der Waals surface area (Å²) in [5.41, 5.74) is 0.789. The Hall–Kier alpha value is -3.51. The number of benzene rings is 2. The fourth-order valence-electron chi connectivity index (χ4n) is 2.36. The first kappa shape index (κ1) is 22.8. The van der Waals surface area contributed by atoms with E-state index in [2.05, 4.69) is 21.2 Å². The maximum Gasteiger partial charge on any atom is 0.344 e. The van der Waals surface area contributed by atoms with Gasteiger partial charge in [0.2, 0.25) is 0 Å². The van der Waals surface area contributed by atoms with E-state index < -0.39 is 11.9 Å². The Morgan fingerprint density at radius 2 is 1.97 bits per heavy atom. The monoisotopic (exact) mass is 474 g/mol. The third kappa shape index (κ3) is 6.25. The largest absolute Gasteiger partial charge is 0.508 e. The van der Waals surface area contributed by atoms with Gasteiger partial charge in [-0.1, -0.05) is 0 Å².